The maximum atomic E-state index is 5.94. The second-order valence-corrected chi connectivity index (χ2v) is 8.55. The molecule has 0 saturated heterocycles. The molecule has 6 heteroatoms. The topological polar surface area (TPSA) is 30.2 Å². The van der Waals surface area contributed by atoms with E-state index in [1.807, 2.05) is 35.0 Å². The van der Waals surface area contributed by atoms with Gasteiger partial charge in [0.25, 0.3) is 0 Å². The molecule has 2 heterocycles. The van der Waals surface area contributed by atoms with Crippen molar-refractivity contribution in [2.24, 2.45) is 0 Å². The van der Waals surface area contributed by atoms with Crippen LogP contribution in [0.4, 0.5) is 0 Å². The van der Waals surface area contributed by atoms with Crippen LogP contribution in [0.15, 0.2) is 53.0 Å². The zero-order chi connectivity index (χ0) is 17.4. The van der Waals surface area contributed by atoms with Gasteiger partial charge in [-0.25, -0.2) is 9.50 Å². The Bertz CT molecular complexity index is 1000. The number of benzene rings is 2. The Hall–Kier alpha value is -1.82. The number of thioether (sulfide) groups is 1. The molecule has 0 aliphatic rings. The molecule has 2 aromatic heterocycles. The largest absolute Gasteiger partial charge is 0.217 e. The molecule has 0 N–H and O–H groups in total. The molecule has 4 rings (SSSR count). The van der Waals surface area contributed by atoms with Crippen molar-refractivity contribution in [2.75, 3.05) is 0 Å². The number of rotatable bonds is 4. The molecule has 0 spiro atoms. The minimum absolute atomic E-state index is 0.730. The smallest absolute Gasteiger partial charge is 0.213 e. The number of halogens is 1. The highest BCUT2D eigenvalue weighted by Crippen LogP contribution is 2.30. The van der Waals surface area contributed by atoms with Crippen molar-refractivity contribution in [3.05, 3.63) is 70.4 Å². The summed E-state index contributed by atoms with van der Waals surface area (Å²) in [6.07, 6.45) is 1.97. The molecule has 0 bridgehead atoms. The van der Waals surface area contributed by atoms with E-state index in [4.69, 9.17) is 11.6 Å². The number of nitrogens with zero attached hydrogens (tertiary/aromatic N) is 3. The molecule has 2 aromatic carbocycles. The average Bonchev–Trinajstić information content (AvgIpc) is 3.15. The van der Waals surface area contributed by atoms with Gasteiger partial charge in [-0.1, -0.05) is 65.0 Å². The van der Waals surface area contributed by atoms with E-state index in [0.717, 1.165) is 31.3 Å². The highest BCUT2D eigenvalue weighted by atomic mass is 35.5. The van der Waals surface area contributed by atoms with Crippen LogP contribution in [-0.2, 0) is 5.75 Å². The maximum absolute atomic E-state index is 5.94. The lowest BCUT2D eigenvalue weighted by molar-refractivity contribution is 0.915. The highest BCUT2D eigenvalue weighted by Gasteiger charge is 2.10. The summed E-state index contributed by atoms with van der Waals surface area (Å²) >= 11 is 9.31. The van der Waals surface area contributed by atoms with Crippen LogP contribution in [0.1, 0.15) is 16.7 Å². The predicted molar refractivity (Wildman–Crippen MR) is 107 cm³/mol. The maximum Gasteiger partial charge on any atom is 0.213 e. The van der Waals surface area contributed by atoms with Gasteiger partial charge < -0.3 is 0 Å². The first-order valence-corrected chi connectivity index (χ1v) is 10.1. The SMILES string of the molecule is Cc1ccc(CSc2nn3cc(-c4ccc(Cl)cc4)nc3s2)cc1C. The molecule has 25 heavy (non-hydrogen) atoms. The fraction of sp³-hybridized carbons (Fsp3) is 0.158. The Morgan fingerprint density at radius 2 is 1.88 bits per heavy atom. The van der Waals surface area contributed by atoms with E-state index in [0.29, 0.717) is 0 Å². The van der Waals surface area contributed by atoms with Crippen molar-refractivity contribution in [1.82, 2.24) is 14.6 Å². The zero-order valence-corrected chi connectivity index (χ0v) is 16.3. The number of hydrogen-bond donors (Lipinski definition) is 0. The molecule has 0 atom stereocenters. The zero-order valence-electron chi connectivity index (χ0n) is 13.9. The van der Waals surface area contributed by atoms with Crippen LogP contribution < -0.4 is 0 Å². The van der Waals surface area contributed by atoms with Gasteiger partial charge in [0.2, 0.25) is 4.96 Å². The van der Waals surface area contributed by atoms with Gasteiger partial charge in [0.1, 0.15) is 0 Å². The standard InChI is InChI=1S/C19H16ClN3S2/c1-12-3-4-14(9-13(12)2)11-24-19-22-23-10-17(21-18(23)25-19)15-5-7-16(20)8-6-15/h3-10H,11H2,1-2H3. The molecule has 0 amide bonds. The molecule has 126 valence electrons. The van der Waals surface area contributed by atoms with Crippen molar-refractivity contribution in [2.45, 2.75) is 23.9 Å². The first kappa shape index (κ1) is 16.6. The van der Waals surface area contributed by atoms with Crippen LogP contribution in [0, 0.1) is 13.8 Å². The molecular weight excluding hydrogens is 370 g/mol. The Labute approximate surface area is 159 Å². The van der Waals surface area contributed by atoms with E-state index in [-0.39, 0.29) is 0 Å². The Kier molecular flexibility index (Phi) is 4.54. The molecule has 0 fully saturated rings. The van der Waals surface area contributed by atoms with E-state index in [1.54, 1.807) is 23.1 Å². The monoisotopic (exact) mass is 385 g/mol. The Balaban J connectivity index is 1.51. The lowest BCUT2D eigenvalue weighted by Crippen LogP contribution is -1.86. The first-order valence-electron chi connectivity index (χ1n) is 7.89. The van der Waals surface area contributed by atoms with Gasteiger partial charge in [0.15, 0.2) is 4.34 Å². The van der Waals surface area contributed by atoms with Gasteiger partial charge in [0.05, 0.1) is 11.9 Å². The summed E-state index contributed by atoms with van der Waals surface area (Å²) in [4.78, 5) is 5.59. The van der Waals surface area contributed by atoms with Gasteiger partial charge in [-0.3, -0.25) is 0 Å². The minimum Gasteiger partial charge on any atom is -0.217 e. The molecule has 0 aliphatic carbocycles. The molecule has 3 nitrogen and oxygen atoms in total. The van der Waals surface area contributed by atoms with Gasteiger partial charge in [-0.2, -0.15) is 0 Å². The van der Waals surface area contributed by atoms with Gasteiger partial charge in [0, 0.05) is 16.3 Å². The first-order chi connectivity index (χ1) is 12.1. The van der Waals surface area contributed by atoms with E-state index in [2.05, 4.69) is 42.1 Å². The highest BCUT2D eigenvalue weighted by molar-refractivity contribution is 8.00. The van der Waals surface area contributed by atoms with Crippen molar-refractivity contribution < 1.29 is 0 Å². The second-order valence-electron chi connectivity index (χ2n) is 5.94. The quantitative estimate of drug-likeness (QED) is 0.402. The van der Waals surface area contributed by atoms with Crippen molar-refractivity contribution in [3.63, 3.8) is 0 Å². The van der Waals surface area contributed by atoms with E-state index < -0.39 is 0 Å². The molecular formula is C19H16ClN3S2. The summed E-state index contributed by atoms with van der Waals surface area (Å²) < 4.78 is 2.89. The lowest BCUT2D eigenvalue weighted by atomic mass is 10.1. The summed E-state index contributed by atoms with van der Waals surface area (Å²) in [6.45, 7) is 4.29. The third kappa shape index (κ3) is 3.59. The Morgan fingerprint density at radius 1 is 1.08 bits per heavy atom. The molecule has 4 aromatic rings. The predicted octanol–water partition coefficient (Wildman–Crippen LogP) is 6.02. The van der Waals surface area contributed by atoms with Crippen molar-refractivity contribution in [1.29, 1.82) is 0 Å². The van der Waals surface area contributed by atoms with Crippen LogP contribution in [-0.4, -0.2) is 14.6 Å². The fourth-order valence-corrected chi connectivity index (χ4v) is 4.53. The number of hydrogen-bond acceptors (Lipinski definition) is 4. The van der Waals surface area contributed by atoms with Crippen LogP contribution in [0.5, 0.6) is 0 Å². The van der Waals surface area contributed by atoms with E-state index in [1.165, 1.54) is 16.7 Å². The number of fused-ring (bicyclic) bond motifs is 1. The van der Waals surface area contributed by atoms with Crippen LogP contribution in [0.2, 0.25) is 5.02 Å². The number of aryl methyl sites for hydroxylation is 2. The van der Waals surface area contributed by atoms with Gasteiger partial charge in [-0.05, 0) is 42.7 Å². The molecule has 0 saturated carbocycles. The summed E-state index contributed by atoms with van der Waals surface area (Å²) in [6, 6.07) is 14.3. The normalized spacial score (nSPS) is 11.3. The van der Waals surface area contributed by atoms with Crippen LogP contribution in [0.25, 0.3) is 16.2 Å². The summed E-state index contributed by atoms with van der Waals surface area (Å²) in [5, 5.41) is 5.37. The molecule has 0 unspecified atom stereocenters. The number of aromatic nitrogens is 3. The van der Waals surface area contributed by atoms with Crippen LogP contribution in [0.3, 0.4) is 0 Å². The van der Waals surface area contributed by atoms with Crippen LogP contribution >= 0.6 is 34.7 Å². The Morgan fingerprint density at radius 3 is 2.60 bits per heavy atom. The van der Waals surface area contributed by atoms with E-state index >= 15 is 0 Å². The third-order valence-corrected chi connectivity index (χ3v) is 6.48. The summed E-state index contributed by atoms with van der Waals surface area (Å²) in [7, 11) is 0. The van der Waals surface area contributed by atoms with Gasteiger partial charge in [-0.15, -0.1) is 5.10 Å². The van der Waals surface area contributed by atoms with Crippen molar-refractivity contribution >= 4 is 39.7 Å². The number of imidazole rings is 1. The summed E-state index contributed by atoms with van der Waals surface area (Å²) in [5.41, 5.74) is 5.95. The molecule has 0 radical (unpaired) electrons. The lowest BCUT2D eigenvalue weighted by Gasteiger charge is -2.03. The second kappa shape index (κ2) is 6.83. The third-order valence-electron chi connectivity index (χ3n) is 4.10. The minimum atomic E-state index is 0.730. The average molecular weight is 386 g/mol. The van der Waals surface area contributed by atoms with Gasteiger partial charge >= 0.3 is 0 Å². The summed E-state index contributed by atoms with van der Waals surface area (Å²) in [5.74, 6) is 0.918. The molecule has 0 aliphatic heterocycles. The van der Waals surface area contributed by atoms with Crippen molar-refractivity contribution in [3.8, 4) is 11.3 Å². The van der Waals surface area contributed by atoms with E-state index in [9.17, 15) is 0 Å². The fourth-order valence-electron chi connectivity index (χ4n) is 2.54.